The summed E-state index contributed by atoms with van der Waals surface area (Å²) < 4.78 is 24.9. The van der Waals surface area contributed by atoms with Crippen molar-refractivity contribution in [1.82, 2.24) is 9.78 Å². The van der Waals surface area contributed by atoms with Crippen LogP contribution in [0.2, 0.25) is 5.02 Å². The van der Waals surface area contributed by atoms with Crippen LogP contribution in [-0.4, -0.2) is 9.78 Å². The van der Waals surface area contributed by atoms with Gasteiger partial charge in [0.15, 0.2) is 0 Å². The third-order valence-electron chi connectivity index (χ3n) is 1.53. The van der Waals surface area contributed by atoms with E-state index < -0.39 is 12.1 Å². The molecule has 3 N–H and O–H groups in total. The van der Waals surface area contributed by atoms with Gasteiger partial charge in [-0.25, -0.2) is 4.68 Å². The first-order valence-corrected chi connectivity index (χ1v) is 4.09. The topological polar surface area (TPSA) is 45.5 Å². The third kappa shape index (κ3) is 2.80. The highest BCUT2D eigenvalue weighted by Gasteiger charge is 2.27. The van der Waals surface area contributed by atoms with E-state index in [9.17, 15) is 8.78 Å². The summed E-state index contributed by atoms with van der Waals surface area (Å²) in [6, 6.07) is 0. The summed E-state index contributed by atoms with van der Waals surface area (Å²) in [5, 5.41) is 3.88. The zero-order valence-electron chi connectivity index (χ0n) is 7.77. The fourth-order valence-electron chi connectivity index (χ4n) is 0.928. The smallest absolute Gasteiger partial charge is 0.333 e. The summed E-state index contributed by atoms with van der Waals surface area (Å²) in [6.45, 7) is 0.863. The third-order valence-corrected chi connectivity index (χ3v) is 1.80. The van der Waals surface area contributed by atoms with E-state index in [2.05, 4.69) is 10.8 Å². The average Bonchev–Trinajstić information content (AvgIpc) is 2.29. The van der Waals surface area contributed by atoms with Crippen LogP contribution in [-0.2, 0) is 5.54 Å². The van der Waals surface area contributed by atoms with E-state index >= 15 is 0 Å². The number of hydrogen-bond donors (Lipinski definition) is 1. The highest BCUT2D eigenvalue weighted by molar-refractivity contribution is 6.31. The zero-order chi connectivity index (χ0) is 10.2. The van der Waals surface area contributed by atoms with Crippen molar-refractivity contribution in [2.45, 2.75) is 25.9 Å². The molecule has 82 valence electrons. The van der Waals surface area contributed by atoms with E-state index in [1.54, 1.807) is 13.8 Å². The van der Waals surface area contributed by atoms with Crippen LogP contribution in [0.15, 0.2) is 6.20 Å². The number of aromatic nitrogens is 2. The van der Waals surface area contributed by atoms with E-state index in [0.717, 1.165) is 6.20 Å². The molecule has 7 heteroatoms. The molecule has 0 bridgehead atoms. The van der Waals surface area contributed by atoms with Gasteiger partial charge in [0, 0.05) is 0 Å². The molecule has 0 saturated heterocycles. The van der Waals surface area contributed by atoms with Crippen molar-refractivity contribution in [1.29, 1.82) is 0 Å². The summed E-state index contributed by atoms with van der Waals surface area (Å²) in [5.74, 6) is 0. The molecule has 0 spiro atoms. The van der Waals surface area contributed by atoms with E-state index in [0.29, 0.717) is 10.4 Å². The van der Waals surface area contributed by atoms with Gasteiger partial charge in [0.1, 0.15) is 11.2 Å². The second-order valence-electron chi connectivity index (χ2n) is 3.47. The van der Waals surface area contributed by atoms with Gasteiger partial charge in [0.25, 0.3) is 0 Å². The molecule has 0 radical (unpaired) electrons. The summed E-state index contributed by atoms with van der Waals surface area (Å²) in [7, 11) is 0. The van der Waals surface area contributed by atoms with Crippen LogP contribution in [0.1, 0.15) is 26.1 Å². The summed E-state index contributed by atoms with van der Waals surface area (Å²) >= 11 is 5.72. The minimum absolute atomic E-state index is 0. The molecule has 0 saturated carbocycles. The van der Waals surface area contributed by atoms with Gasteiger partial charge in [-0.2, -0.15) is 13.9 Å². The lowest BCUT2D eigenvalue weighted by atomic mass is 10.0. The Hall–Kier alpha value is -0.390. The lowest BCUT2D eigenvalue weighted by molar-refractivity contribution is -0.476. The Bertz CT molecular complexity index is 306. The van der Waals surface area contributed by atoms with Crippen molar-refractivity contribution in [3.63, 3.8) is 0 Å². The highest BCUT2D eigenvalue weighted by atomic mass is 35.5. The Kier molecular flexibility index (Phi) is 4.30. The standard InChI is InChI=1S/C7H10ClF2N3.ClH/c1-7(2,11)5-4(8)3-13(12-5)6(9)10;/h3,6H,11H2,1-2H3;1H. The molecule has 1 heterocycles. The van der Waals surface area contributed by atoms with Crippen molar-refractivity contribution < 1.29 is 26.9 Å². The van der Waals surface area contributed by atoms with Crippen LogP contribution in [0.3, 0.4) is 0 Å². The van der Waals surface area contributed by atoms with E-state index in [1.807, 2.05) is 0 Å². The number of rotatable bonds is 2. The molecule has 0 aromatic carbocycles. The lowest BCUT2D eigenvalue weighted by Crippen LogP contribution is -3.00. The molecule has 0 amide bonds. The van der Waals surface area contributed by atoms with Crippen LogP contribution in [0.4, 0.5) is 8.78 Å². The lowest BCUT2D eigenvalue weighted by Gasteiger charge is -2.11. The largest absolute Gasteiger partial charge is 1.00 e. The first-order chi connectivity index (χ1) is 5.82. The molecule has 0 atom stereocenters. The second-order valence-corrected chi connectivity index (χ2v) is 3.87. The van der Waals surface area contributed by atoms with Crippen molar-refractivity contribution in [3.05, 3.63) is 16.9 Å². The van der Waals surface area contributed by atoms with E-state index in [4.69, 9.17) is 11.6 Å². The molecule has 0 aliphatic heterocycles. The Morgan fingerprint density at radius 2 is 2.07 bits per heavy atom. The Balaban J connectivity index is 0.00000169. The van der Waals surface area contributed by atoms with Gasteiger partial charge >= 0.3 is 6.55 Å². The first kappa shape index (κ1) is 13.6. The maximum atomic E-state index is 12.2. The van der Waals surface area contributed by atoms with Gasteiger partial charge in [0.2, 0.25) is 0 Å². The van der Waals surface area contributed by atoms with Crippen LogP contribution in [0.25, 0.3) is 0 Å². The van der Waals surface area contributed by atoms with Crippen LogP contribution < -0.4 is 18.1 Å². The summed E-state index contributed by atoms with van der Waals surface area (Å²) in [4.78, 5) is 0. The van der Waals surface area contributed by atoms with Crippen LogP contribution >= 0.6 is 11.6 Å². The zero-order valence-corrected chi connectivity index (χ0v) is 9.28. The quantitative estimate of drug-likeness (QED) is 0.672. The molecule has 1 rings (SSSR count). The number of quaternary nitrogens is 1. The molecular formula is C7H11Cl2F2N3. The normalized spacial score (nSPS) is 11.6. The summed E-state index contributed by atoms with van der Waals surface area (Å²) in [5.41, 5.74) is 3.59. The van der Waals surface area contributed by atoms with Gasteiger partial charge in [-0.3, -0.25) is 0 Å². The van der Waals surface area contributed by atoms with Gasteiger partial charge in [-0.1, -0.05) is 11.6 Å². The average molecular weight is 246 g/mol. The van der Waals surface area contributed by atoms with E-state index in [1.165, 1.54) is 0 Å². The molecule has 0 unspecified atom stereocenters. The first-order valence-electron chi connectivity index (χ1n) is 3.71. The van der Waals surface area contributed by atoms with Crippen molar-refractivity contribution in [3.8, 4) is 0 Å². The number of halogens is 4. The van der Waals surface area contributed by atoms with Crippen molar-refractivity contribution in [2.75, 3.05) is 0 Å². The SMILES string of the molecule is CC(C)([NH3+])c1nn(C(F)F)cc1Cl.[Cl-]. The highest BCUT2D eigenvalue weighted by Crippen LogP contribution is 2.24. The monoisotopic (exact) mass is 245 g/mol. The predicted octanol–water partition coefficient (Wildman–Crippen LogP) is -1.59. The van der Waals surface area contributed by atoms with Crippen LogP contribution in [0.5, 0.6) is 0 Å². The Morgan fingerprint density at radius 3 is 2.29 bits per heavy atom. The molecule has 0 aliphatic rings. The maximum Gasteiger partial charge on any atom is 0.333 e. The Morgan fingerprint density at radius 1 is 1.57 bits per heavy atom. The Labute approximate surface area is 91.6 Å². The molecule has 1 aromatic rings. The van der Waals surface area contributed by atoms with Gasteiger partial charge in [-0.15, -0.1) is 0 Å². The minimum Gasteiger partial charge on any atom is -1.00 e. The van der Waals surface area contributed by atoms with Gasteiger partial charge in [0.05, 0.1) is 11.2 Å². The number of hydrogen-bond acceptors (Lipinski definition) is 1. The maximum absolute atomic E-state index is 12.2. The molecule has 0 fully saturated rings. The van der Waals surface area contributed by atoms with Crippen molar-refractivity contribution >= 4 is 11.6 Å². The molecular weight excluding hydrogens is 235 g/mol. The van der Waals surface area contributed by atoms with E-state index in [-0.39, 0.29) is 17.4 Å². The van der Waals surface area contributed by atoms with Gasteiger partial charge < -0.3 is 18.1 Å². The molecule has 0 aliphatic carbocycles. The molecule has 3 nitrogen and oxygen atoms in total. The van der Waals surface area contributed by atoms with Crippen LogP contribution in [0, 0.1) is 0 Å². The number of alkyl halides is 2. The number of nitrogens with zero attached hydrogens (tertiary/aromatic N) is 2. The van der Waals surface area contributed by atoms with Gasteiger partial charge in [-0.05, 0) is 13.8 Å². The summed E-state index contributed by atoms with van der Waals surface area (Å²) in [6.07, 6.45) is 1.11. The fourth-order valence-corrected chi connectivity index (χ4v) is 1.32. The minimum atomic E-state index is -2.66. The fraction of sp³-hybridized carbons (Fsp3) is 0.571. The second kappa shape index (κ2) is 4.42. The molecule has 1 aromatic heterocycles. The predicted molar refractivity (Wildman–Crippen MR) is 44.4 cm³/mol. The molecule has 14 heavy (non-hydrogen) atoms. The van der Waals surface area contributed by atoms with Crippen molar-refractivity contribution in [2.24, 2.45) is 0 Å².